The van der Waals surface area contributed by atoms with Crippen LogP contribution in [0.5, 0.6) is 0 Å². The Labute approximate surface area is 110 Å². The van der Waals surface area contributed by atoms with Crippen molar-refractivity contribution in [1.29, 1.82) is 0 Å². The van der Waals surface area contributed by atoms with Crippen LogP contribution in [-0.2, 0) is 0 Å². The summed E-state index contributed by atoms with van der Waals surface area (Å²) >= 11 is 0. The molecule has 0 fully saturated rings. The van der Waals surface area contributed by atoms with E-state index in [2.05, 4.69) is 48.9 Å². The van der Waals surface area contributed by atoms with E-state index in [-0.39, 0.29) is 0 Å². The second kappa shape index (κ2) is 6.20. The summed E-state index contributed by atoms with van der Waals surface area (Å²) in [6, 6.07) is 6.34. The Kier molecular flexibility index (Phi) is 4.90. The number of nitrogens with zero attached hydrogens (tertiary/aromatic N) is 1. The van der Waals surface area contributed by atoms with Gasteiger partial charge < -0.3 is 5.32 Å². The summed E-state index contributed by atoms with van der Waals surface area (Å²) in [4.78, 5) is 4.39. The Bertz CT molecular complexity index is 508. The normalized spacial score (nSPS) is 12.5. The fourth-order valence-corrected chi connectivity index (χ4v) is 1.64. The number of aryl methyl sites for hydroxylation is 2. The Morgan fingerprint density at radius 1 is 1.28 bits per heavy atom. The summed E-state index contributed by atoms with van der Waals surface area (Å²) < 4.78 is 0. The molecule has 1 aromatic rings. The summed E-state index contributed by atoms with van der Waals surface area (Å²) in [6.45, 7) is 14.1. The highest BCUT2D eigenvalue weighted by Gasteiger charge is 2.04. The second-order valence-corrected chi connectivity index (χ2v) is 4.58. The molecule has 0 saturated carbocycles. The van der Waals surface area contributed by atoms with Crippen LogP contribution in [0, 0.1) is 13.8 Å². The molecule has 0 radical (unpaired) electrons. The van der Waals surface area contributed by atoms with Gasteiger partial charge in [-0.15, -0.1) is 0 Å². The van der Waals surface area contributed by atoms with Gasteiger partial charge in [-0.1, -0.05) is 29.8 Å². The number of rotatable bonds is 4. The summed E-state index contributed by atoms with van der Waals surface area (Å²) in [5, 5.41) is 3.38. The van der Waals surface area contributed by atoms with Crippen molar-refractivity contribution in [3.05, 3.63) is 52.9 Å². The summed E-state index contributed by atoms with van der Waals surface area (Å²) in [7, 11) is 0. The minimum absolute atomic E-state index is 0.858. The largest absolute Gasteiger partial charge is 0.340 e. The van der Waals surface area contributed by atoms with Crippen LogP contribution in [0.1, 0.15) is 31.9 Å². The molecule has 18 heavy (non-hydrogen) atoms. The lowest BCUT2D eigenvalue weighted by molar-refractivity contribution is 1.19. The minimum atomic E-state index is 0.858. The Balaban J connectivity index is 3.12. The van der Waals surface area contributed by atoms with Crippen molar-refractivity contribution >= 4 is 11.9 Å². The SMILES string of the molecule is C=C(C)/C(C)=C(\N=C/C)Nc1ccc(C)cc1C. The maximum atomic E-state index is 4.39. The molecule has 0 unspecified atom stereocenters. The molecule has 0 spiro atoms. The monoisotopic (exact) mass is 242 g/mol. The van der Waals surface area contributed by atoms with Crippen molar-refractivity contribution in [2.75, 3.05) is 5.32 Å². The third kappa shape index (κ3) is 3.59. The molecule has 1 N–H and O–H groups in total. The molecule has 1 aromatic carbocycles. The summed E-state index contributed by atoms with van der Waals surface area (Å²) in [5.41, 5.74) is 5.66. The number of anilines is 1. The summed E-state index contributed by atoms with van der Waals surface area (Å²) in [6.07, 6.45) is 1.79. The van der Waals surface area contributed by atoms with E-state index >= 15 is 0 Å². The van der Waals surface area contributed by atoms with Gasteiger partial charge in [0.25, 0.3) is 0 Å². The number of aliphatic imine (C=N–C) groups is 1. The third-order valence-electron chi connectivity index (χ3n) is 2.89. The van der Waals surface area contributed by atoms with Gasteiger partial charge in [-0.05, 0) is 51.8 Å². The van der Waals surface area contributed by atoms with E-state index in [1.54, 1.807) is 6.21 Å². The van der Waals surface area contributed by atoms with Crippen LogP contribution in [0.15, 0.2) is 46.7 Å². The first kappa shape index (κ1) is 14.2. The molecular weight excluding hydrogens is 220 g/mol. The molecule has 1 rings (SSSR count). The molecule has 0 heterocycles. The Morgan fingerprint density at radius 2 is 1.94 bits per heavy atom. The molecule has 0 aliphatic carbocycles. The van der Waals surface area contributed by atoms with Crippen molar-refractivity contribution in [3.63, 3.8) is 0 Å². The van der Waals surface area contributed by atoms with E-state index < -0.39 is 0 Å². The van der Waals surface area contributed by atoms with Crippen LogP contribution in [0.25, 0.3) is 0 Å². The first-order chi connectivity index (χ1) is 8.45. The Morgan fingerprint density at radius 3 is 2.44 bits per heavy atom. The highest BCUT2D eigenvalue weighted by atomic mass is 15.0. The Hall–Kier alpha value is -1.83. The fraction of sp³-hybridized carbons (Fsp3) is 0.312. The zero-order valence-corrected chi connectivity index (χ0v) is 12.0. The van der Waals surface area contributed by atoms with E-state index in [0.717, 1.165) is 22.7 Å². The first-order valence-corrected chi connectivity index (χ1v) is 6.15. The quantitative estimate of drug-likeness (QED) is 0.605. The van der Waals surface area contributed by atoms with Gasteiger partial charge in [-0.3, -0.25) is 0 Å². The molecule has 2 nitrogen and oxygen atoms in total. The fourth-order valence-electron chi connectivity index (χ4n) is 1.64. The van der Waals surface area contributed by atoms with E-state index in [4.69, 9.17) is 0 Å². The van der Waals surface area contributed by atoms with Crippen LogP contribution in [0.4, 0.5) is 5.69 Å². The third-order valence-corrected chi connectivity index (χ3v) is 2.89. The molecule has 0 aromatic heterocycles. The molecule has 0 aliphatic heterocycles. The van der Waals surface area contributed by atoms with Crippen LogP contribution in [-0.4, -0.2) is 6.21 Å². The molecule has 0 atom stereocenters. The van der Waals surface area contributed by atoms with Crippen molar-refractivity contribution in [2.45, 2.75) is 34.6 Å². The maximum Gasteiger partial charge on any atom is 0.133 e. The molecule has 96 valence electrons. The lowest BCUT2D eigenvalue weighted by Gasteiger charge is -2.13. The van der Waals surface area contributed by atoms with E-state index in [1.807, 2.05) is 20.8 Å². The lowest BCUT2D eigenvalue weighted by Crippen LogP contribution is -2.03. The van der Waals surface area contributed by atoms with Crippen molar-refractivity contribution < 1.29 is 0 Å². The molecule has 0 saturated heterocycles. The second-order valence-electron chi connectivity index (χ2n) is 4.58. The number of hydrogen-bond donors (Lipinski definition) is 1. The van der Waals surface area contributed by atoms with Crippen molar-refractivity contribution in [1.82, 2.24) is 0 Å². The topological polar surface area (TPSA) is 24.4 Å². The highest BCUT2D eigenvalue weighted by Crippen LogP contribution is 2.21. The maximum absolute atomic E-state index is 4.39. The average molecular weight is 242 g/mol. The van der Waals surface area contributed by atoms with Crippen LogP contribution < -0.4 is 5.32 Å². The molecule has 0 bridgehead atoms. The average Bonchev–Trinajstić information content (AvgIpc) is 2.30. The molecule has 2 heteroatoms. The van der Waals surface area contributed by atoms with Crippen LogP contribution in [0.2, 0.25) is 0 Å². The van der Waals surface area contributed by atoms with Gasteiger partial charge in [-0.25, -0.2) is 4.99 Å². The first-order valence-electron chi connectivity index (χ1n) is 6.15. The van der Waals surface area contributed by atoms with E-state index in [1.165, 1.54) is 11.1 Å². The highest BCUT2D eigenvalue weighted by molar-refractivity contribution is 5.61. The van der Waals surface area contributed by atoms with Crippen LogP contribution in [0.3, 0.4) is 0 Å². The van der Waals surface area contributed by atoms with Gasteiger partial charge in [0.05, 0.1) is 0 Å². The van der Waals surface area contributed by atoms with Gasteiger partial charge in [0.1, 0.15) is 5.82 Å². The standard InChI is InChI=1S/C16H22N2/c1-7-17-16(14(6)11(2)3)18-15-9-8-12(4)10-13(15)5/h7-10,18H,2H2,1,3-6H3/b16-14+,17-7-. The van der Waals surface area contributed by atoms with Crippen molar-refractivity contribution in [3.8, 4) is 0 Å². The zero-order chi connectivity index (χ0) is 13.7. The predicted molar refractivity (Wildman–Crippen MR) is 81.2 cm³/mol. The molecular formula is C16H22N2. The molecule has 0 amide bonds. The molecule has 0 aliphatic rings. The number of benzene rings is 1. The summed E-state index contributed by atoms with van der Waals surface area (Å²) in [5.74, 6) is 0.858. The minimum Gasteiger partial charge on any atom is -0.340 e. The smallest absolute Gasteiger partial charge is 0.133 e. The van der Waals surface area contributed by atoms with Crippen LogP contribution >= 0.6 is 0 Å². The van der Waals surface area contributed by atoms with Gasteiger partial charge in [0.2, 0.25) is 0 Å². The van der Waals surface area contributed by atoms with E-state index in [9.17, 15) is 0 Å². The van der Waals surface area contributed by atoms with Gasteiger partial charge in [-0.2, -0.15) is 0 Å². The van der Waals surface area contributed by atoms with Gasteiger partial charge in [0, 0.05) is 11.9 Å². The van der Waals surface area contributed by atoms with Gasteiger partial charge >= 0.3 is 0 Å². The van der Waals surface area contributed by atoms with Crippen molar-refractivity contribution in [2.24, 2.45) is 4.99 Å². The number of nitrogens with one attached hydrogen (secondary N) is 1. The van der Waals surface area contributed by atoms with Gasteiger partial charge in [0.15, 0.2) is 0 Å². The number of allylic oxidation sites excluding steroid dienone is 2. The predicted octanol–water partition coefficient (Wildman–Crippen LogP) is 4.61. The number of hydrogen-bond acceptors (Lipinski definition) is 2. The van der Waals surface area contributed by atoms with E-state index in [0.29, 0.717) is 0 Å². The zero-order valence-electron chi connectivity index (χ0n) is 12.0. The lowest BCUT2D eigenvalue weighted by atomic mass is 10.1.